The average Bonchev–Trinajstić information content (AvgIpc) is 2.42. The summed E-state index contributed by atoms with van der Waals surface area (Å²) in [5.74, 6) is -0.872. The second-order valence-corrected chi connectivity index (χ2v) is 5.47. The van der Waals surface area contributed by atoms with Crippen LogP contribution in [0, 0.1) is 0 Å². The molecule has 114 valence electrons. The quantitative estimate of drug-likeness (QED) is 0.840. The summed E-state index contributed by atoms with van der Waals surface area (Å²) in [6.45, 7) is 2.87. The number of carboxylic acids is 1. The van der Waals surface area contributed by atoms with Crippen molar-refractivity contribution in [3.63, 3.8) is 0 Å². The van der Waals surface area contributed by atoms with Gasteiger partial charge in [-0.3, -0.25) is 9.78 Å². The fraction of sp³-hybridized carbons (Fsp3) is 0.533. The van der Waals surface area contributed by atoms with Crippen molar-refractivity contribution >= 4 is 12.0 Å². The van der Waals surface area contributed by atoms with E-state index in [1.54, 1.807) is 11.1 Å². The van der Waals surface area contributed by atoms with E-state index in [0.29, 0.717) is 13.1 Å². The molecule has 6 nitrogen and oxygen atoms in total. The molecule has 2 rings (SSSR count). The number of aromatic nitrogens is 1. The molecule has 0 radical (unpaired) electrons. The van der Waals surface area contributed by atoms with Gasteiger partial charge in [-0.2, -0.15) is 0 Å². The smallest absolute Gasteiger partial charge is 0.318 e. The van der Waals surface area contributed by atoms with E-state index < -0.39 is 11.5 Å². The first-order valence-electron chi connectivity index (χ1n) is 7.23. The van der Waals surface area contributed by atoms with Gasteiger partial charge in [0, 0.05) is 12.7 Å². The first-order chi connectivity index (χ1) is 10.0. The van der Waals surface area contributed by atoms with E-state index >= 15 is 0 Å². The molecule has 1 aliphatic rings. The fourth-order valence-electron chi connectivity index (χ4n) is 2.56. The lowest BCUT2D eigenvalue weighted by atomic mass is 9.74. The first kappa shape index (κ1) is 15.3. The van der Waals surface area contributed by atoms with Crippen molar-refractivity contribution in [1.29, 1.82) is 0 Å². The number of aliphatic carboxylic acids is 1. The Morgan fingerprint density at radius 2 is 2.19 bits per heavy atom. The predicted molar refractivity (Wildman–Crippen MR) is 77.7 cm³/mol. The van der Waals surface area contributed by atoms with Crippen molar-refractivity contribution in [1.82, 2.24) is 15.2 Å². The van der Waals surface area contributed by atoms with E-state index in [2.05, 4.69) is 10.3 Å². The van der Waals surface area contributed by atoms with Crippen molar-refractivity contribution in [3.05, 3.63) is 30.1 Å². The number of amides is 2. The van der Waals surface area contributed by atoms with E-state index in [1.165, 1.54) is 0 Å². The average molecular weight is 291 g/mol. The minimum absolute atomic E-state index is 0.0140. The number of hydrogen-bond acceptors (Lipinski definition) is 3. The molecule has 2 amide bonds. The minimum atomic E-state index is -0.872. The third-order valence-corrected chi connectivity index (χ3v) is 3.92. The summed E-state index contributed by atoms with van der Waals surface area (Å²) in [6, 6.07) is 5.36. The summed E-state index contributed by atoms with van der Waals surface area (Å²) in [5.41, 5.74) is 0.246. The van der Waals surface area contributed by atoms with Crippen LogP contribution < -0.4 is 5.32 Å². The molecule has 2 N–H and O–H groups in total. The number of carbonyl (C=O) groups excluding carboxylic acids is 1. The second kappa shape index (κ2) is 6.56. The van der Waals surface area contributed by atoms with E-state index in [0.717, 1.165) is 25.0 Å². The molecule has 1 fully saturated rings. The number of carboxylic acid groups (broad SMARTS) is 1. The van der Waals surface area contributed by atoms with Gasteiger partial charge in [0.15, 0.2) is 0 Å². The molecular weight excluding hydrogens is 270 g/mol. The van der Waals surface area contributed by atoms with Crippen molar-refractivity contribution < 1.29 is 14.7 Å². The molecule has 0 atom stereocenters. The lowest BCUT2D eigenvalue weighted by Crippen LogP contribution is -2.57. The summed E-state index contributed by atoms with van der Waals surface area (Å²) in [6.07, 6.45) is 4.09. The van der Waals surface area contributed by atoms with Gasteiger partial charge in [0.05, 0.1) is 24.2 Å². The normalized spacial score (nSPS) is 15.9. The lowest BCUT2D eigenvalue weighted by molar-refractivity contribution is -0.139. The molecule has 0 bridgehead atoms. The molecular formula is C15H21N3O3. The van der Waals surface area contributed by atoms with Gasteiger partial charge in [0.25, 0.3) is 0 Å². The maximum atomic E-state index is 12.4. The maximum absolute atomic E-state index is 12.4. The van der Waals surface area contributed by atoms with Gasteiger partial charge >= 0.3 is 12.0 Å². The number of hydrogen-bond donors (Lipinski definition) is 2. The molecule has 21 heavy (non-hydrogen) atoms. The zero-order chi connectivity index (χ0) is 15.3. The molecule has 6 heteroatoms. The molecule has 0 spiro atoms. The van der Waals surface area contributed by atoms with Crippen LogP contribution in [0.2, 0.25) is 0 Å². The van der Waals surface area contributed by atoms with Gasteiger partial charge in [-0.1, -0.05) is 6.07 Å². The molecule has 1 saturated carbocycles. The Morgan fingerprint density at radius 3 is 2.67 bits per heavy atom. The van der Waals surface area contributed by atoms with Crippen LogP contribution in [0.4, 0.5) is 4.79 Å². The number of nitrogens with zero attached hydrogens (tertiary/aromatic N) is 2. The largest absolute Gasteiger partial charge is 0.481 e. The van der Waals surface area contributed by atoms with Crippen LogP contribution in [0.25, 0.3) is 0 Å². The van der Waals surface area contributed by atoms with Gasteiger partial charge in [0.2, 0.25) is 0 Å². The van der Waals surface area contributed by atoms with Crippen LogP contribution in [-0.2, 0) is 11.3 Å². The Balaban J connectivity index is 1.98. The zero-order valence-corrected chi connectivity index (χ0v) is 12.2. The summed E-state index contributed by atoms with van der Waals surface area (Å²) in [5, 5.41) is 11.9. The van der Waals surface area contributed by atoms with E-state index in [9.17, 15) is 9.59 Å². The Hall–Kier alpha value is -2.11. The first-order valence-corrected chi connectivity index (χ1v) is 7.23. The number of rotatable bonds is 6. The zero-order valence-electron chi connectivity index (χ0n) is 12.2. The van der Waals surface area contributed by atoms with Crippen LogP contribution in [-0.4, -0.2) is 39.1 Å². The van der Waals surface area contributed by atoms with Crippen molar-refractivity contribution in [2.75, 3.05) is 6.54 Å². The number of urea groups is 1. The molecule has 0 unspecified atom stereocenters. The molecule has 0 aliphatic heterocycles. The van der Waals surface area contributed by atoms with Crippen LogP contribution in [0.15, 0.2) is 24.4 Å². The fourth-order valence-corrected chi connectivity index (χ4v) is 2.56. The second-order valence-electron chi connectivity index (χ2n) is 5.47. The standard InChI is InChI=1S/C15H21N3O3/c1-2-18(11-12-6-3-4-9-16-12)14(21)17-15(7-5-8-15)10-13(19)20/h3-4,6,9H,2,5,7-8,10-11H2,1H3,(H,17,21)(H,19,20). The number of pyridine rings is 1. The molecule has 1 aromatic heterocycles. The molecule has 0 saturated heterocycles. The molecule has 1 aliphatic carbocycles. The maximum Gasteiger partial charge on any atom is 0.318 e. The van der Waals surface area contributed by atoms with Gasteiger partial charge in [-0.15, -0.1) is 0 Å². The monoisotopic (exact) mass is 291 g/mol. The SMILES string of the molecule is CCN(Cc1ccccn1)C(=O)NC1(CC(=O)O)CCC1. The van der Waals surface area contributed by atoms with Gasteiger partial charge < -0.3 is 15.3 Å². The third-order valence-electron chi connectivity index (χ3n) is 3.92. The Kier molecular flexibility index (Phi) is 4.77. The summed E-state index contributed by atoms with van der Waals surface area (Å²) >= 11 is 0. The van der Waals surface area contributed by atoms with Crippen LogP contribution >= 0.6 is 0 Å². The third kappa shape index (κ3) is 3.93. The summed E-state index contributed by atoms with van der Waals surface area (Å²) < 4.78 is 0. The Morgan fingerprint density at radius 1 is 1.43 bits per heavy atom. The highest BCUT2D eigenvalue weighted by Gasteiger charge is 2.41. The Labute approximate surface area is 124 Å². The van der Waals surface area contributed by atoms with Crippen LogP contribution in [0.5, 0.6) is 0 Å². The van der Waals surface area contributed by atoms with Crippen LogP contribution in [0.3, 0.4) is 0 Å². The van der Waals surface area contributed by atoms with Crippen molar-refractivity contribution in [2.24, 2.45) is 0 Å². The topological polar surface area (TPSA) is 82.5 Å². The van der Waals surface area contributed by atoms with Crippen LogP contribution in [0.1, 0.15) is 38.3 Å². The van der Waals surface area contributed by atoms with Crippen molar-refractivity contribution in [2.45, 2.75) is 44.7 Å². The highest BCUT2D eigenvalue weighted by molar-refractivity contribution is 5.77. The van der Waals surface area contributed by atoms with E-state index in [4.69, 9.17) is 5.11 Å². The summed E-state index contributed by atoms with van der Waals surface area (Å²) in [4.78, 5) is 29.2. The molecule has 1 aromatic rings. The molecule has 1 heterocycles. The summed E-state index contributed by atoms with van der Waals surface area (Å²) in [7, 11) is 0. The Bertz CT molecular complexity index is 500. The minimum Gasteiger partial charge on any atom is -0.481 e. The number of nitrogens with one attached hydrogen (secondary N) is 1. The predicted octanol–water partition coefficient (Wildman–Crippen LogP) is 2.01. The van der Waals surface area contributed by atoms with Gasteiger partial charge in [0.1, 0.15) is 0 Å². The highest BCUT2D eigenvalue weighted by Crippen LogP contribution is 2.35. The van der Waals surface area contributed by atoms with E-state index in [-0.39, 0.29) is 12.5 Å². The molecule has 0 aromatic carbocycles. The highest BCUT2D eigenvalue weighted by atomic mass is 16.4. The van der Waals surface area contributed by atoms with E-state index in [1.807, 2.05) is 25.1 Å². The number of carbonyl (C=O) groups is 2. The van der Waals surface area contributed by atoms with Crippen molar-refractivity contribution in [3.8, 4) is 0 Å². The van der Waals surface area contributed by atoms with Gasteiger partial charge in [-0.05, 0) is 38.3 Å². The lowest BCUT2D eigenvalue weighted by Gasteiger charge is -2.42. The van der Waals surface area contributed by atoms with Gasteiger partial charge in [-0.25, -0.2) is 4.79 Å².